The van der Waals surface area contributed by atoms with Gasteiger partial charge in [0.25, 0.3) is 0 Å². The lowest BCUT2D eigenvalue weighted by Gasteiger charge is -2.25. The quantitative estimate of drug-likeness (QED) is 0.537. The molecule has 0 aliphatic rings. The van der Waals surface area contributed by atoms with Crippen LogP contribution < -0.4 is 0 Å². The van der Waals surface area contributed by atoms with Gasteiger partial charge in [-0.05, 0) is 41.8 Å². The second-order valence-corrected chi connectivity index (χ2v) is 7.33. The minimum absolute atomic E-state index is 0.220. The van der Waals surface area contributed by atoms with Crippen molar-refractivity contribution in [3.63, 3.8) is 0 Å². The van der Waals surface area contributed by atoms with Crippen LogP contribution in [0.2, 0.25) is 0 Å². The van der Waals surface area contributed by atoms with Crippen LogP contribution in [0.15, 0.2) is 72.9 Å². The van der Waals surface area contributed by atoms with Crippen LogP contribution >= 0.6 is 0 Å². The topological polar surface area (TPSA) is 37.6 Å². The molecule has 0 saturated carbocycles. The maximum atomic E-state index is 13.5. The number of aliphatic hydroxyl groups is 1. The summed E-state index contributed by atoms with van der Waals surface area (Å²) in [6.45, 7) is 3.20. The summed E-state index contributed by atoms with van der Waals surface area (Å²) in [4.78, 5) is 2.20. The molecule has 3 aromatic rings. The van der Waals surface area contributed by atoms with Gasteiger partial charge in [-0.15, -0.1) is 0 Å². The summed E-state index contributed by atoms with van der Waals surface area (Å²) in [7, 11) is 1.69. The molecule has 0 fully saturated rings. The zero-order valence-corrected chi connectivity index (χ0v) is 16.9. The normalized spacial score (nSPS) is 12.4. The van der Waals surface area contributed by atoms with Gasteiger partial charge < -0.3 is 14.4 Å². The molecule has 154 valence electrons. The molecule has 0 amide bonds. The third-order valence-electron chi connectivity index (χ3n) is 4.95. The van der Waals surface area contributed by atoms with Gasteiger partial charge in [-0.2, -0.15) is 0 Å². The maximum Gasteiger partial charge on any atom is 0.123 e. The average molecular weight is 397 g/mol. The Bertz CT molecular complexity index is 866. The lowest BCUT2D eigenvalue weighted by Crippen LogP contribution is -2.36. The molecule has 0 spiro atoms. The lowest BCUT2D eigenvalue weighted by molar-refractivity contribution is 0.0839. The number of benzene rings is 2. The fourth-order valence-electron chi connectivity index (χ4n) is 3.51. The van der Waals surface area contributed by atoms with Gasteiger partial charge in [-0.1, -0.05) is 42.5 Å². The molecule has 1 atom stereocenters. The molecule has 0 aliphatic carbocycles. The van der Waals surface area contributed by atoms with Crippen LogP contribution in [0.4, 0.5) is 4.39 Å². The molecule has 1 heterocycles. The van der Waals surface area contributed by atoms with Crippen molar-refractivity contribution in [2.45, 2.75) is 25.6 Å². The molecule has 0 bridgehead atoms. The first-order valence-corrected chi connectivity index (χ1v) is 9.96. The van der Waals surface area contributed by atoms with Crippen LogP contribution in [0.3, 0.4) is 0 Å². The molecule has 0 aliphatic heterocycles. The Balaban J connectivity index is 1.64. The van der Waals surface area contributed by atoms with Crippen LogP contribution in [0.25, 0.3) is 0 Å². The number of hydrogen-bond donors (Lipinski definition) is 1. The maximum absolute atomic E-state index is 13.5. The predicted molar refractivity (Wildman–Crippen MR) is 113 cm³/mol. The molecule has 2 aromatic carbocycles. The van der Waals surface area contributed by atoms with E-state index >= 15 is 0 Å². The van der Waals surface area contributed by atoms with Gasteiger partial charge in [-0.25, -0.2) is 4.39 Å². The number of aromatic nitrogens is 1. The van der Waals surface area contributed by atoms with Crippen LogP contribution in [-0.2, 0) is 24.2 Å². The van der Waals surface area contributed by atoms with Crippen molar-refractivity contribution in [2.24, 2.45) is 0 Å². The van der Waals surface area contributed by atoms with E-state index in [0.29, 0.717) is 32.7 Å². The van der Waals surface area contributed by atoms with Gasteiger partial charge in [0.15, 0.2) is 0 Å². The Hall–Kier alpha value is -2.47. The van der Waals surface area contributed by atoms with Gasteiger partial charge >= 0.3 is 0 Å². The first-order chi connectivity index (χ1) is 14.1. The van der Waals surface area contributed by atoms with Gasteiger partial charge in [0.2, 0.25) is 0 Å². The first kappa shape index (κ1) is 21.2. The minimum Gasteiger partial charge on any atom is -0.391 e. The average Bonchev–Trinajstić information content (AvgIpc) is 3.13. The number of ether oxygens (including phenoxy) is 1. The zero-order chi connectivity index (χ0) is 20.5. The molecule has 1 aromatic heterocycles. The fraction of sp³-hybridized carbons (Fsp3) is 0.333. The molecule has 4 nitrogen and oxygen atoms in total. The third kappa shape index (κ3) is 6.82. The molecule has 0 radical (unpaired) electrons. The van der Waals surface area contributed by atoms with Crippen LogP contribution in [-0.4, -0.2) is 47.5 Å². The Morgan fingerprint density at radius 1 is 1.03 bits per heavy atom. The Kier molecular flexibility index (Phi) is 7.99. The highest BCUT2D eigenvalue weighted by Gasteiger charge is 2.15. The van der Waals surface area contributed by atoms with Crippen molar-refractivity contribution in [3.05, 3.63) is 95.6 Å². The van der Waals surface area contributed by atoms with E-state index in [1.807, 2.05) is 48.7 Å². The van der Waals surface area contributed by atoms with Gasteiger partial charge in [0.05, 0.1) is 12.7 Å². The van der Waals surface area contributed by atoms with Crippen molar-refractivity contribution < 1.29 is 14.2 Å². The number of rotatable bonds is 11. The number of methoxy groups -OCH3 is 1. The summed E-state index contributed by atoms with van der Waals surface area (Å²) < 4.78 is 20.9. The minimum atomic E-state index is -0.458. The lowest BCUT2D eigenvalue weighted by atomic mass is 10.1. The van der Waals surface area contributed by atoms with Crippen LogP contribution in [0.5, 0.6) is 0 Å². The van der Waals surface area contributed by atoms with E-state index in [-0.39, 0.29) is 5.82 Å². The summed E-state index contributed by atoms with van der Waals surface area (Å²) in [5, 5.41) is 10.6. The highest BCUT2D eigenvalue weighted by Crippen LogP contribution is 2.13. The number of halogens is 1. The molecule has 1 N–H and O–H groups in total. The smallest absolute Gasteiger partial charge is 0.123 e. The largest absolute Gasteiger partial charge is 0.391 e. The molecule has 0 unspecified atom stereocenters. The third-order valence-corrected chi connectivity index (χ3v) is 4.95. The molecule has 3 rings (SSSR count). The second kappa shape index (κ2) is 10.9. The SMILES string of the molecule is COCCN(Cc1cccn1Cc1cccc(F)c1)C[C@@H](O)Cc1ccccc1. The van der Waals surface area contributed by atoms with Crippen molar-refractivity contribution >= 4 is 0 Å². The van der Waals surface area contributed by atoms with Gasteiger partial charge in [0.1, 0.15) is 5.82 Å². The second-order valence-electron chi connectivity index (χ2n) is 7.33. The van der Waals surface area contributed by atoms with Crippen LogP contribution in [0, 0.1) is 5.82 Å². The number of nitrogens with zero attached hydrogens (tertiary/aromatic N) is 2. The summed E-state index contributed by atoms with van der Waals surface area (Å²) in [6.07, 6.45) is 2.17. The van der Waals surface area contributed by atoms with E-state index in [1.54, 1.807) is 19.2 Å². The predicted octanol–water partition coefficient (Wildman–Crippen LogP) is 3.73. The van der Waals surface area contributed by atoms with Gasteiger partial charge in [0, 0.05) is 45.2 Å². The van der Waals surface area contributed by atoms with Crippen molar-refractivity contribution in [1.82, 2.24) is 9.47 Å². The van der Waals surface area contributed by atoms with E-state index in [0.717, 1.165) is 23.4 Å². The van der Waals surface area contributed by atoms with Crippen molar-refractivity contribution in [2.75, 3.05) is 26.8 Å². The summed E-state index contributed by atoms with van der Waals surface area (Å²) in [5.74, 6) is -0.220. The highest BCUT2D eigenvalue weighted by molar-refractivity contribution is 5.19. The Morgan fingerprint density at radius 3 is 2.59 bits per heavy atom. The number of hydrogen-bond acceptors (Lipinski definition) is 3. The Morgan fingerprint density at radius 2 is 1.83 bits per heavy atom. The molecular formula is C24H29FN2O2. The molecule has 29 heavy (non-hydrogen) atoms. The summed E-state index contributed by atoms with van der Waals surface area (Å²) >= 11 is 0. The van der Waals surface area contributed by atoms with E-state index in [9.17, 15) is 9.50 Å². The van der Waals surface area contributed by atoms with Crippen molar-refractivity contribution in [1.29, 1.82) is 0 Å². The van der Waals surface area contributed by atoms with E-state index in [1.165, 1.54) is 6.07 Å². The number of aliphatic hydroxyl groups excluding tert-OH is 1. The van der Waals surface area contributed by atoms with Crippen LogP contribution in [0.1, 0.15) is 16.8 Å². The monoisotopic (exact) mass is 396 g/mol. The zero-order valence-electron chi connectivity index (χ0n) is 16.9. The van der Waals surface area contributed by atoms with Crippen molar-refractivity contribution in [3.8, 4) is 0 Å². The fourth-order valence-corrected chi connectivity index (χ4v) is 3.51. The standard InChI is InChI=1S/C24H29FN2O2/c1-29-14-13-26(19-24(28)16-20-7-3-2-4-8-20)18-23-11-6-12-27(23)17-21-9-5-10-22(25)15-21/h2-12,15,24,28H,13-14,16-19H2,1H3/t24-/m0/s1. The molecule has 0 saturated heterocycles. The van der Waals surface area contributed by atoms with E-state index in [2.05, 4.69) is 15.5 Å². The van der Waals surface area contributed by atoms with Gasteiger partial charge in [-0.3, -0.25) is 4.90 Å². The first-order valence-electron chi connectivity index (χ1n) is 9.96. The van der Waals surface area contributed by atoms with E-state index < -0.39 is 6.10 Å². The summed E-state index contributed by atoms with van der Waals surface area (Å²) in [5.41, 5.74) is 3.17. The highest BCUT2D eigenvalue weighted by atomic mass is 19.1. The molecular weight excluding hydrogens is 367 g/mol. The summed E-state index contributed by atoms with van der Waals surface area (Å²) in [6, 6.07) is 20.8. The Labute approximate surface area is 172 Å². The van der Waals surface area contributed by atoms with E-state index in [4.69, 9.17) is 4.74 Å². The molecule has 5 heteroatoms.